The minimum Gasteiger partial charge on any atom is -0.465 e. The van der Waals surface area contributed by atoms with E-state index in [1.165, 1.54) is 19.2 Å². The van der Waals surface area contributed by atoms with Gasteiger partial charge in [0, 0.05) is 0 Å². The van der Waals surface area contributed by atoms with Crippen molar-refractivity contribution in [2.75, 3.05) is 19.0 Å². The fraction of sp³-hybridized carbons (Fsp3) is 0.200. The highest BCUT2D eigenvalue weighted by molar-refractivity contribution is 6.10. The number of benzene rings is 2. The molecule has 0 aromatic heterocycles. The van der Waals surface area contributed by atoms with E-state index >= 15 is 0 Å². The molecule has 2 N–H and O–H groups in total. The Morgan fingerprint density at radius 1 is 1.07 bits per heavy atom. The molecule has 4 amide bonds. The lowest BCUT2D eigenvalue weighted by Crippen LogP contribution is -2.42. The molecular weight excluding hydrogens is 362 g/mol. The SMILES string of the molecule is COC(=O)c1ccccc1NC(=O)CN1C(=O)NC(C)(c2ccccc2)C1=O. The zero-order valence-electron chi connectivity index (χ0n) is 15.4. The molecule has 2 aromatic carbocycles. The predicted molar refractivity (Wildman–Crippen MR) is 100 cm³/mol. The average Bonchev–Trinajstić information content (AvgIpc) is 2.92. The first kappa shape index (κ1) is 19.1. The molecule has 28 heavy (non-hydrogen) atoms. The smallest absolute Gasteiger partial charge is 0.339 e. The van der Waals surface area contributed by atoms with Gasteiger partial charge in [0.1, 0.15) is 12.1 Å². The van der Waals surface area contributed by atoms with Crippen molar-refractivity contribution in [1.82, 2.24) is 10.2 Å². The molecular formula is C20H19N3O5. The minimum absolute atomic E-state index is 0.171. The molecule has 1 heterocycles. The Bertz CT molecular complexity index is 944. The van der Waals surface area contributed by atoms with Crippen LogP contribution in [0.15, 0.2) is 54.6 Å². The normalized spacial score (nSPS) is 18.6. The third kappa shape index (κ3) is 3.44. The van der Waals surface area contributed by atoms with E-state index in [9.17, 15) is 19.2 Å². The van der Waals surface area contributed by atoms with Crippen LogP contribution >= 0.6 is 0 Å². The first-order valence-electron chi connectivity index (χ1n) is 8.53. The van der Waals surface area contributed by atoms with Crippen molar-refractivity contribution in [1.29, 1.82) is 0 Å². The topological polar surface area (TPSA) is 105 Å². The highest BCUT2D eigenvalue weighted by Crippen LogP contribution is 2.28. The zero-order valence-corrected chi connectivity index (χ0v) is 15.4. The van der Waals surface area contributed by atoms with E-state index in [0.29, 0.717) is 5.56 Å². The maximum Gasteiger partial charge on any atom is 0.339 e. The van der Waals surface area contributed by atoms with E-state index in [4.69, 9.17) is 0 Å². The summed E-state index contributed by atoms with van der Waals surface area (Å²) in [6.07, 6.45) is 0. The summed E-state index contributed by atoms with van der Waals surface area (Å²) in [5.41, 5.74) is -0.225. The fourth-order valence-corrected chi connectivity index (χ4v) is 3.02. The van der Waals surface area contributed by atoms with Crippen LogP contribution in [-0.2, 0) is 19.9 Å². The van der Waals surface area contributed by atoms with Gasteiger partial charge in [0.25, 0.3) is 5.91 Å². The van der Waals surface area contributed by atoms with Gasteiger partial charge in [-0.15, -0.1) is 0 Å². The maximum atomic E-state index is 12.8. The summed E-state index contributed by atoms with van der Waals surface area (Å²) in [6, 6.07) is 14.4. The van der Waals surface area contributed by atoms with Crippen molar-refractivity contribution in [2.24, 2.45) is 0 Å². The molecule has 3 rings (SSSR count). The molecule has 8 heteroatoms. The standard InChI is InChI=1S/C20H19N3O5/c1-20(13-8-4-3-5-9-13)18(26)23(19(27)22-20)12-16(24)21-15-11-7-6-10-14(15)17(25)28-2/h3-11H,12H2,1-2H3,(H,21,24)(H,22,27). The molecule has 1 unspecified atom stereocenters. The number of ether oxygens (including phenoxy) is 1. The van der Waals surface area contributed by atoms with Gasteiger partial charge >= 0.3 is 12.0 Å². The second kappa shape index (κ2) is 7.51. The van der Waals surface area contributed by atoms with Gasteiger partial charge in [-0.25, -0.2) is 9.59 Å². The van der Waals surface area contributed by atoms with Gasteiger partial charge in [0.05, 0.1) is 18.4 Å². The second-order valence-corrected chi connectivity index (χ2v) is 6.40. The lowest BCUT2D eigenvalue weighted by Gasteiger charge is -2.22. The number of hydrogen-bond donors (Lipinski definition) is 2. The van der Waals surface area contributed by atoms with E-state index in [1.54, 1.807) is 49.4 Å². The first-order valence-corrected chi connectivity index (χ1v) is 8.53. The van der Waals surface area contributed by atoms with Gasteiger partial charge < -0.3 is 15.4 Å². The van der Waals surface area contributed by atoms with Crippen molar-refractivity contribution in [2.45, 2.75) is 12.5 Å². The van der Waals surface area contributed by atoms with Crippen LogP contribution < -0.4 is 10.6 Å². The van der Waals surface area contributed by atoms with Crippen LogP contribution in [0.25, 0.3) is 0 Å². The summed E-state index contributed by atoms with van der Waals surface area (Å²) in [4.78, 5) is 50.2. The number of urea groups is 1. The summed E-state index contributed by atoms with van der Waals surface area (Å²) in [5.74, 6) is -1.75. The molecule has 1 fully saturated rings. The van der Waals surface area contributed by atoms with E-state index in [0.717, 1.165) is 4.90 Å². The lowest BCUT2D eigenvalue weighted by atomic mass is 9.92. The van der Waals surface area contributed by atoms with Crippen LogP contribution in [0.5, 0.6) is 0 Å². The third-order valence-corrected chi connectivity index (χ3v) is 4.53. The zero-order chi connectivity index (χ0) is 20.3. The Labute approximate surface area is 161 Å². The molecule has 0 bridgehead atoms. The fourth-order valence-electron chi connectivity index (χ4n) is 3.02. The maximum absolute atomic E-state index is 12.8. The monoisotopic (exact) mass is 381 g/mol. The number of imide groups is 1. The lowest BCUT2D eigenvalue weighted by molar-refractivity contribution is -0.133. The highest BCUT2D eigenvalue weighted by atomic mass is 16.5. The number of nitrogens with one attached hydrogen (secondary N) is 2. The molecule has 1 aliphatic rings. The quantitative estimate of drug-likeness (QED) is 0.608. The molecule has 2 aromatic rings. The van der Waals surface area contributed by atoms with Crippen molar-refractivity contribution in [3.63, 3.8) is 0 Å². The van der Waals surface area contributed by atoms with Gasteiger partial charge in [0.15, 0.2) is 0 Å². The molecule has 1 saturated heterocycles. The number of nitrogens with zero attached hydrogens (tertiary/aromatic N) is 1. The molecule has 0 radical (unpaired) electrons. The van der Waals surface area contributed by atoms with Crippen LogP contribution in [0, 0.1) is 0 Å². The van der Waals surface area contributed by atoms with E-state index in [-0.39, 0.29) is 11.3 Å². The van der Waals surface area contributed by atoms with Gasteiger partial charge in [-0.05, 0) is 24.6 Å². The van der Waals surface area contributed by atoms with Gasteiger partial charge in [-0.3, -0.25) is 14.5 Å². The average molecular weight is 381 g/mol. The van der Waals surface area contributed by atoms with Crippen molar-refractivity contribution in [3.05, 3.63) is 65.7 Å². The number of carbonyl (C=O) groups excluding carboxylic acids is 4. The van der Waals surface area contributed by atoms with Crippen LogP contribution in [0.1, 0.15) is 22.8 Å². The van der Waals surface area contributed by atoms with Gasteiger partial charge in [0.2, 0.25) is 5.91 Å². The minimum atomic E-state index is -1.25. The number of hydrogen-bond acceptors (Lipinski definition) is 5. The molecule has 8 nitrogen and oxygen atoms in total. The van der Waals surface area contributed by atoms with Crippen molar-refractivity contribution >= 4 is 29.5 Å². The number of anilines is 1. The molecule has 1 atom stereocenters. The second-order valence-electron chi connectivity index (χ2n) is 6.40. The van der Waals surface area contributed by atoms with Crippen LogP contribution in [0.4, 0.5) is 10.5 Å². The highest BCUT2D eigenvalue weighted by Gasteiger charge is 2.49. The van der Waals surface area contributed by atoms with Crippen LogP contribution in [0.3, 0.4) is 0 Å². The largest absolute Gasteiger partial charge is 0.465 e. The first-order chi connectivity index (χ1) is 13.4. The van der Waals surface area contributed by atoms with Crippen molar-refractivity contribution < 1.29 is 23.9 Å². The van der Waals surface area contributed by atoms with Crippen LogP contribution in [0.2, 0.25) is 0 Å². The van der Waals surface area contributed by atoms with Gasteiger partial charge in [-0.2, -0.15) is 0 Å². The summed E-state index contributed by atoms with van der Waals surface area (Å²) >= 11 is 0. The molecule has 0 spiro atoms. The molecule has 0 saturated carbocycles. The van der Waals surface area contributed by atoms with Gasteiger partial charge in [-0.1, -0.05) is 42.5 Å². The number of rotatable bonds is 5. The number of methoxy groups -OCH3 is 1. The Hall–Kier alpha value is -3.68. The summed E-state index contributed by atoms with van der Waals surface area (Å²) in [5, 5.41) is 5.18. The third-order valence-electron chi connectivity index (χ3n) is 4.53. The Morgan fingerprint density at radius 2 is 1.71 bits per heavy atom. The number of amides is 4. The van der Waals surface area contributed by atoms with E-state index in [1.807, 2.05) is 0 Å². The molecule has 144 valence electrons. The predicted octanol–water partition coefficient (Wildman–Crippen LogP) is 1.88. The van der Waals surface area contributed by atoms with Crippen LogP contribution in [-0.4, -0.2) is 42.4 Å². The van der Waals surface area contributed by atoms with Crippen molar-refractivity contribution in [3.8, 4) is 0 Å². The van der Waals surface area contributed by atoms with E-state index in [2.05, 4.69) is 15.4 Å². The summed E-state index contributed by atoms with van der Waals surface area (Å²) in [6.45, 7) is 1.11. The molecule has 1 aliphatic heterocycles. The molecule has 0 aliphatic carbocycles. The number of esters is 1. The Morgan fingerprint density at radius 3 is 2.39 bits per heavy atom. The summed E-state index contributed by atoms with van der Waals surface area (Å²) in [7, 11) is 1.23. The number of carbonyl (C=O) groups is 4. The van der Waals surface area contributed by atoms with E-state index < -0.39 is 35.9 Å². The Kier molecular flexibility index (Phi) is 5.12. The summed E-state index contributed by atoms with van der Waals surface area (Å²) < 4.78 is 4.68. The Balaban J connectivity index is 1.76. The number of para-hydroxylation sites is 1.